The van der Waals surface area contributed by atoms with Gasteiger partial charge in [-0.3, -0.25) is 14.4 Å². The minimum absolute atomic E-state index is 0.166. The van der Waals surface area contributed by atoms with Crippen LogP contribution in [0.1, 0.15) is 12.5 Å². The van der Waals surface area contributed by atoms with E-state index in [0.29, 0.717) is 11.4 Å². The molecule has 1 N–H and O–H groups in total. The van der Waals surface area contributed by atoms with Gasteiger partial charge in [-0.05, 0) is 30.7 Å². The SMILES string of the molecule is CC(=O)Nc1ccc(N2C(=O)C=CC2=O)cc1C. The summed E-state index contributed by atoms with van der Waals surface area (Å²) in [4.78, 5) is 35.1. The summed E-state index contributed by atoms with van der Waals surface area (Å²) in [7, 11) is 0. The van der Waals surface area contributed by atoms with E-state index in [0.717, 1.165) is 10.5 Å². The number of carbonyl (C=O) groups excluding carboxylic acids is 3. The molecule has 18 heavy (non-hydrogen) atoms. The molecule has 0 fully saturated rings. The Labute approximate surface area is 104 Å². The highest BCUT2D eigenvalue weighted by Crippen LogP contribution is 2.24. The third-order valence-corrected chi connectivity index (χ3v) is 2.59. The molecule has 5 nitrogen and oxygen atoms in total. The maximum Gasteiger partial charge on any atom is 0.258 e. The summed E-state index contributed by atoms with van der Waals surface area (Å²) >= 11 is 0. The monoisotopic (exact) mass is 244 g/mol. The Bertz CT molecular complexity index is 558. The van der Waals surface area contributed by atoms with Crippen LogP contribution in [0.5, 0.6) is 0 Å². The van der Waals surface area contributed by atoms with Crippen LogP contribution in [-0.2, 0) is 14.4 Å². The number of hydrogen-bond donors (Lipinski definition) is 1. The summed E-state index contributed by atoms with van der Waals surface area (Å²) in [6, 6.07) is 4.99. The third kappa shape index (κ3) is 2.15. The van der Waals surface area contributed by atoms with E-state index >= 15 is 0 Å². The van der Waals surface area contributed by atoms with E-state index in [1.807, 2.05) is 0 Å². The zero-order chi connectivity index (χ0) is 13.3. The van der Waals surface area contributed by atoms with Crippen molar-refractivity contribution in [2.45, 2.75) is 13.8 Å². The van der Waals surface area contributed by atoms with Crippen LogP contribution in [0.2, 0.25) is 0 Å². The summed E-state index contributed by atoms with van der Waals surface area (Å²) in [5, 5.41) is 2.67. The second-order valence-corrected chi connectivity index (χ2v) is 4.03. The predicted octanol–water partition coefficient (Wildman–Crippen LogP) is 1.38. The number of anilines is 2. The molecule has 1 aliphatic rings. The van der Waals surface area contributed by atoms with Crippen LogP contribution in [0.3, 0.4) is 0 Å². The molecule has 1 heterocycles. The zero-order valence-electron chi connectivity index (χ0n) is 10.1. The van der Waals surface area contributed by atoms with E-state index in [9.17, 15) is 14.4 Å². The largest absolute Gasteiger partial charge is 0.326 e. The van der Waals surface area contributed by atoms with Gasteiger partial charge in [-0.25, -0.2) is 4.90 Å². The number of nitrogens with one attached hydrogen (secondary N) is 1. The van der Waals surface area contributed by atoms with E-state index in [4.69, 9.17) is 0 Å². The molecule has 1 aromatic carbocycles. The molecular formula is C13H12N2O3. The van der Waals surface area contributed by atoms with Gasteiger partial charge in [-0.15, -0.1) is 0 Å². The summed E-state index contributed by atoms with van der Waals surface area (Å²) in [5.41, 5.74) is 1.95. The molecule has 0 saturated carbocycles. The molecule has 0 aromatic heterocycles. The van der Waals surface area contributed by atoms with E-state index in [2.05, 4.69) is 5.32 Å². The van der Waals surface area contributed by atoms with E-state index < -0.39 is 0 Å². The van der Waals surface area contributed by atoms with Crippen LogP contribution < -0.4 is 10.2 Å². The number of amides is 3. The molecule has 0 saturated heterocycles. The molecule has 1 aliphatic heterocycles. The van der Waals surface area contributed by atoms with Crippen molar-refractivity contribution in [2.75, 3.05) is 10.2 Å². The van der Waals surface area contributed by atoms with E-state index in [-0.39, 0.29) is 17.7 Å². The van der Waals surface area contributed by atoms with Gasteiger partial charge in [0.05, 0.1) is 5.69 Å². The van der Waals surface area contributed by atoms with Gasteiger partial charge in [0.15, 0.2) is 0 Å². The van der Waals surface area contributed by atoms with Gasteiger partial charge in [0, 0.05) is 24.8 Å². The topological polar surface area (TPSA) is 66.5 Å². The van der Waals surface area contributed by atoms with Gasteiger partial charge in [-0.2, -0.15) is 0 Å². The lowest BCUT2D eigenvalue weighted by Crippen LogP contribution is -2.29. The number of benzene rings is 1. The minimum atomic E-state index is -0.355. The molecule has 0 spiro atoms. The van der Waals surface area contributed by atoms with Crippen molar-refractivity contribution >= 4 is 29.1 Å². The molecule has 0 atom stereocenters. The fourth-order valence-electron chi connectivity index (χ4n) is 1.77. The Hall–Kier alpha value is -2.43. The second kappa shape index (κ2) is 4.44. The van der Waals surface area contributed by atoms with Crippen molar-refractivity contribution in [3.63, 3.8) is 0 Å². The Balaban J connectivity index is 2.32. The highest BCUT2D eigenvalue weighted by atomic mass is 16.2. The first kappa shape index (κ1) is 12.0. The fraction of sp³-hybridized carbons (Fsp3) is 0.154. The first-order valence-electron chi connectivity index (χ1n) is 5.43. The third-order valence-electron chi connectivity index (χ3n) is 2.59. The summed E-state index contributed by atoms with van der Waals surface area (Å²) < 4.78 is 0. The van der Waals surface area contributed by atoms with Crippen molar-refractivity contribution in [2.24, 2.45) is 0 Å². The van der Waals surface area contributed by atoms with Gasteiger partial charge >= 0.3 is 0 Å². The van der Waals surface area contributed by atoms with Gasteiger partial charge in [0.1, 0.15) is 0 Å². The molecule has 0 bridgehead atoms. The predicted molar refractivity (Wildman–Crippen MR) is 67.1 cm³/mol. The van der Waals surface area contributed by atoms with Crippen molar-refractivity contribution in [3.05, 3.63) is 35.9 Å². The Morgan fingerprint density at radius 2 is 1.78 bits per heavy atom. The Kier molecular flexibility index (Phi) is 2.97. The normalized spacial score (nSPS) is 14.2. The Morgan fingerprint density at radius 1 is 1.17 bits per heavy atom. The van der Waals surface area contributed by atoms with Crippen LogP contribution in [0, 0.1) is 6.92 Å². The number of imide groups is 1. The van der Waals surface area contributed by atoms with Crippen LogP contribution in [0.4, 0.5) is 11.4 Å². The lowest BCUT2D eigenvalue weighted by atomic mass is 10.1. The highest BCUT2D eigenvalue weighted by Gasteiger charge is 2.25. The summed E-state index contributed by atoms with van der Waals surface area (Å²) in [6.07, 6.45) is 2.47. The molecular weight excluding hydrogens is 232 g/mol. The average Bonchev–Trinajstić information content (AvgIpc) is 2.61. The Morgan fingerprint density at radius 3 is 2.28 bits per heavy atom. The number of rotatable bonds is 2. The lowest BCUT2D eigenvalue weighted by molar-refractivity contribution is -0.120. The van der Waals surface area contributed by atoms with Gasteiger partial charge < -0.3 is 5.32 Å². The molecule has 3 amide bonds. The summed E-state index contributed by atoms with van der Waals surface area (Å²) in [5.74, 6) is -0.876. The van der Waals surface area contributed by atoms with Crippen molar-refractivity contribution in [1.82, 2.24) is 0 Å². The number of nitrogens with zero attached hydrogens (tertiary/aromatic N) is 1. The van der Waals surface area contributed by atoms with Gasteiger partial charge in [-0.1, -0.05) is 0 Å². The zero-order valence-corrected chi connectivity index (χ0v) is 10.1. The summed E-state index contributed by atoms with van der Waals surface area (Å²) in [6.45, 7) is 3.22. The second-order valence-electron chi connectivity index (χ2n) is 4.03. The van der Waals surface area contributed by atoms with Crippen molar-refractivity contribution in [3.8, 4) is 0 Å². The van der Waals surface area contributed by atoms with Gasteiger partial charge in [0.25, 0.3) is 11.8 Å². The molecule has 2 rings (SSSR count). The average molecular weight is 244 g/mol. The molecule has 0 unspecified atom stereocenters. The number of aryl methyl sites for hydroxylation is 1. The molecule has 92 valence electrons. The first-order chi connectivity index (χ1) is 8.49. The maximum atomic E-state index is 11.5. The maximum absolute atomic E-state index is 11.5. The van der Waals surface area contributed by atoms with Crippen LogP contribution >= 0.6 is 0 Å². The highest BCUT2D eigenvalue weighted by molar-refractivity contribution is 6.28. The quantitative estimate of drug-likeness (QED) is 0.799. The standard InChI is InChI=1S/C13H12N2O3/c1-8-7-10(3-4-11(8)14-9(2)16)15-12(17)5-6-13(15)18/h3-7H,1-2H3,(H,14,16). The number of carbonyl (C=O) groups is 3. The van der Waals surface area contributed by atoms with E-state index in [1.54, 1.807) is 25.1 Å². The molecule has 5 heteroatoms. The van der Waals surface area contributed by atoms with Crippen LogP contribution in [0.15, 0.2) is 30.4 Å². The minimum Gasteiger partial charge on any atom is -0.326 e. The smallest absolute Gasteiger partial charge is 0.258 e. The van der Waals surface area contributed by atoms with Crippen LogP contribution in [0.25, 0.3) is 0 Å². The first-order valence-corrected chi connectivity index (χ1v) is 5.43. The van der Waals surface area contributed by atoms with E-state index in [1.165, 1.54) is 19.1 Å². The van der Waals surface area contributed by atoms with Crippen LogP contribution in [-0.4, -0.2) is 17.7 Å². The molecule has 0 aliphatic carbocycles. The lowest BCUT2D eigenvalue weighted by Gasteiger charge is -2.16. The van der Waals surface area contributed by atoms with Crippen molar-refractivity contribution in [1.29, 1.82) is 0 Å². The fourth-order valence-corrected chi connectivity index (χ4v) is 1.77. The molecule has 1 aromatic rings. The van der Waals surface area contributed by atoms with Gasteiger partial charge in [0.2, 0.25) is 5.91 Å². The van der Waals surface area contributed by atoms with Crippen molar-refractivity contribution < 1.29 is 14.4 Å². The molecule has 0 radical (unpaired) electrons. The number of hydrogen-bond acceptors (Lipinski definition) is 3.